The molecule has 0 unspecified atom stereocenters. The van der Waals surface area contributed by atoms with E-state index in [4.69, 9.17) is 4.52 Å². The molecule has 0 radical (unpaired) electrons. The minimum absolute atomic E-state index is 0.112. The van der Waals surface area contributed by atoms with Crippen molar-refractivity contribution in [2.45, 2.75) is 4.90 Å². The first-order valence-electron chi connectivity index (χ1n) is 6.92. The molecule has 122 valence electrons. The van der Waals surface area contributed by atoms with Crippen LogP contribution in [0.2, 0.25) is 0 Å². The smallest absolute Gasteiger partial charge is 0.277 e. The van der Waals surface area contributed by atoms with E-state index in [1.807, 2.05) is 0 Å². The van der Waals surface area contributed by atoms with Crippen LogP contribution < -0.4 is 5.32 Å². The third-order valence-electron chi connectivity index (χ3n) is 3.23. The number of amides is 1. The topological polar surface area (TPSA) is 102 Å². The molecule has 0 fully saturated rings. The zero-order valence-electron chi connectivity index (χ0n) is 12.6. The minimum Gasteiger partial charge on any atom is -0.355 e. The standard InChI is InChI=1S/C16H13N3O4S/c1-24(21,22)13-6-4-12(5-7-13)18-16(20)14-9-15(23-19-14)11-3-2-8-17-10-11/h2-10H,1H3,(H,18,20). The zero-order valence-corrected chi connectivity index (χ0v) is 13.4. The summed E-state index contributed by atoms with van der Waals surface area (Å²) < 4.78 is 28.0. The molecule has 24 heavy (non-hydrogen) atoms. The Morgan fingerprint density at radius 3 is 2.54 bits per heavy atom. The van der Waals surface area contributed by atoms with Crippen LogP contribution in [0.5, 0.6) is 0 Å². The SMILES string of the molecule is CS(=O)(=O)c1ccc(NC(=O)c2cc(-c3cccnc3)on2)cc1. The predicted molar refractivity (Wildman–Crippen MR) is 87.2 cm³/mol. The first-order chi connectivity index (χ1) is 11.4. The van der Waals surface area contributed by atoms with Gasteiger partial charge in [-0.05, 0) is 36.4 Å². The van der Waals surface area contributed by atoms with Crippen LogP contribution in [0.15, 0.2) is 64.3 Å². The van der Waals surface area contributed by atoms with Crippen LogP contribution in [0.25, 0.3) is 11.3 Å². The van der Waals surface area contributed by atoms with E-state index < -0.39 is 15.7 Å². The molecule has 0 atom stereocenters. The molecule has 2 heterocycles. The highest BCUT2D eigenvalue weighted by Crippen LogP contribution is 2.20. The summed E-state index contributed by atoms with van der Waals surface area (Å²) in [4.78, 5) is 16.3. The normalized spacial score (nSPS) is 11.2. The van der Waals surface area contributed by atoms with Crippen molar-refractivity contribution in [3.63, 3.8) is 0 Å². The highest BCUT2D eigenvalue weighted by atomic mass is 32.2. The second kappa shape index (κ2) is 6.25. The molecule has 1 amide bonds. The summed E-state index contributed by atoms with van der Waals surface area (Å²) >= 11 is 0. The number of rotatable bonds is 4. The van der Waals surface area contributed by atoms with Crippen LogP contribution >= 0.6 is 0 Å². The van der Waals surface area contributed by atoms with E-state index in [0.717, 1.165) is 6.26 Å². The second-order valence-corrected chi connectivity index (χ2v) is 7.08. The van der Waals surface area contributed by atoms with Crippen molar-refractivity contribution in [3.8, 4) is 11.3 Å². The van der Waals surface area contributed by atoms with Gasteiger partial charge in [-0.25, -0.2) is 8.42 Å². The number of benzene rings is 1. The van der Waals surface area contributed by atoms with E-state index in [2.05, 4.69) is 15.5 Å². The summed E-state index contributed by atoms with van der Waals surface area (Å²) in [6, 6.07) is 10.9. The monoisotopic (exact) mass is 343 g/mol. The lowest BCUT2D eigenvalue weighted by atomic mass is 10.2. The van der Waals surface area contributed by atoms with Gasteiger partial charge in [-0.2, -0.15) is 0 Å². The van der Waals surface area contributed by atoms with Crippen molar-refractivity contribution in [2.75, 3.05) is 11.6 Å². The van der Waals surface area contributed by atoms with E-state index in [-0.39, 0.29) is 10.6 Å². The van der Waals surface area contributed by atoms with Crippen molar-refractivity contribution in [1.82, 2.24) is 10.1 Å². The molecule has 0 bridgehead atoms. The third-order valence-corrected chi connectivity index (χ3v) is 4.36. The Labute approximate surface area is 138 Å². The number of nitrogens with zero attached hydrogens (tertiary/aromatic N) is 2. The molecule has 3 rings (SSSR count). The molecular formula is C16H13N3O4S. The predicted octanol–water partition coefficient (Wildman–Crippen LogP) is 2.39. The van der Waals surface area contributed by atoms with Gasteiger partial charge in [0.2, 0.25) is 0 Å². The molecule has 0 spiro atoms. The molecule has 1 N–H and O–H groups in total. The first-order valence-corrected chi connectivity index (χ1v) is 8.81. The van der Waals surface area contributed by atoms with Crippen LogP contribution in [0.4, 0.5) is 5.69 Å². The van der Waals surface area contributed by atoms with Gasteiger partial charge < -0.3 is 9.84 Å². The first kappa shape index (κ1) is 15.9. The Morgan fingerprint density at radius 1 is 1.17 bits per heavy atom. The van der Waals surface area contributed by atoms with Gasteiger partial charge in [-0.3, -0.25) is 9.78 Å². The molecule has 0 aliphatic carbocycles. The Hall–Kier alpha value is -3.00. The maximum atomic E-state index is 12.2. The molecule has 0 saturated carbocycles. The lowest BCUT2D eigenvalue weighted by molar-refractivity contribution is 0.101. The highest BCUT2D eigenvalue weighted by Gasteiger charge is 2.14. The number of anilines is 1. The maximum absolute atomic E-state index is 12.2. The summed E-state index contributed by atoms with van der Waals surface area (Å²) in [6.45, 7) is 0. The van der Waals surface area contributed by atoms with E-state index in [9.17, 15) is 13.2 Å². The molecule has 8 heteroatoms. The second-order valence-electron chi connectivity index (χ2n) is 5.07. The van der Waals surface area contributed by atoms with Crippen molar-refractivity contribution in [3.05, 3.63) is 60.6 Å². The van der Waals surface area contributed by atoms with Crippen LogP contribution in [0, 0.1) is 0 Å². The van der Waals surface area contributed by atoms with Gasteiger partial charge in [0, 0.05) is 36.0 Å². The fourth-order valence-electron chi connectivity index (χ4n) is 2.01. The van der Waals surface area contributed by atoms with Gasteiger partial charge in [-0.1, -0.05) is 5.16 Å². The summed E-state index contributed by atoms with van der Waals surface area (Å²) in [5.74, 6) is -0.0262. The molecule has 7 nitrogen and oxygen atoms in total. The van der Waals surface area contributed by atoms with Gasteiger partial charge >= 0.3 is 0 Å². The van der Waals surface area contributed by atoms with Crippen LogP contribution in [0.1, 0.15) is 10.5 Å². The third kappa shape index (κ3) is 3.49. The lowest BCUT2D eigenvalue weighted by Gasteiger charge is -2.03. The number of hydrogen-bond acceptors (Lipinski definition) is 6. The molecule has 2 aromatic heterocycles. The van der Waals surface area contributed by atoms with Gasteiger partial charge in [0.05, 0.1) is 4.90 Å². The summed E-state index contributed by atoms with van der Waals surface area (Å²) in [6.07, 6.45) is 4.36. The molecule has 0 saturated heterocycles. The Balaban J connectivity index is 1.75. The Morgan fingerprint density at radius 2 is 1.92 bits per heavy atom. The summed E-state index contributed by atoms with van der Waals surface area (Å²) in [7, 11) is -3.27. The zero-order chi connectivity index (χ0) is 17.2. The van der Waals surface area contributed by atoms with E-state index in [1.54, 1.807) is 24.5 Å². The number of sulfone groups is 1. The Bertz CT molecular complexity index is 964. The van der Waals surface area contributed by atoms with Crippen molar-refractivity contribution in [1.29, 1.82) is 0 Å². The fraction of sp³-hybridized carbons (Fsp3) is 0.0625. The number of nitrogens with one attached hydrogen (secondary N) is 1. The lowest BCUT2D eigenvalue weighted by Crippen LogP contribution is -2.12. The van der Waals surface area contributed by atoms with Crippen molar-refractivity contribution >= 4 is 21.4 Å². The van der Waals surface area contributed by atoms with Gasteiger partial charge in [0.25, 0.3) is 5.91 Å². The van der Waals surface area contributed by atoms with Gasteiger partial charge in [-0.15, -0.1) is 0 Å². The summed E-state index contributed by atoms with van der Waals surface area (Å²) in [5, 5.41) is 6.36. The minimum atomic E-state index is -3.27. The average molecular weight is 343 g/mol. The van der Waals surface area contributed by atoms with Crippen LogP contribution in [-0.2, 0) is 9.84 Å². The van der Waals surface area contributed by atoms with Crippen LogP contribution in [-0.4, -0.2) is 30.7 Å². The van der Waals surface area contributed by atoms with Crippen molar-refractivity contribution in [2.24, 2.45) is 0 Å². The number of aromatic nitrogens is 2. The average Bonchev–Trinajstić information content (AvgIpc) is 3.05. The number of pyridine rings is 1. The van der Waals surface area contributed by atoms with E-state index in [1.165, 1.54) is 30.3 Å². The highest BCUT2D eigenvalue weighted by molar-refractivity contribution is 7.90. The van der Waals surface area contributed by atoms with E-state index in [0.29, 0.717) is 17.0 Å². The molecule has 0 aliphatic heterocycles. The number of carbonyl (C=O) groups excluding carboxylic acids is 1. The van der Waals surface area contributed by atoms with Crippen LogP contribution in [0.3, 0.4) is 0 Å². The van der Waals surface area contributed by atoms with Crippen molar-refractivity contribution < 1.29 is 17.7 Å². The number of hydrogen-bond donors (Lipinski definition) is 1. The summed E-state index contributed by atoms with van der Waals surface area (Å²) in [5.41, 5.74) is 1.28. The Kier molecular flexibility index (Phi) is 4.13. The van der Waals surface area contributed by atoms with E-state index >= 15 is 0 Å². The molecular weight excluding hydrogens is 330 g/mol. The fourth-order valence-corrected chi connectivity index (χ4v) is 2.64. The molecule has 0 aliphatic rings. The largest absolute Gasteiger partial charge is 0.355 e. The maximum Gasteiger partial charge on any atom is 0.277 e. The van der Waals surface area contributed by atoms with Gasteiger partial charge in [0.15, 0.2) is 21.3 Å². The quantitative estimate of drug-likeness (QED) is 0.780. The number of carbonyl (C=O) groups is 1. The van der Waals surface area contributed by atoms with Gasteiger partial charge in [0.1, 0.15) is 0 Å². The molecule has 3 aromatic rings. The molecule has 1 aromatic carbocycles.